The van der Waals surface area contributed by atoms with Crippen LogP contribution in [0.1, 0.15) is 5.56 Å². The van der Waals surface area contributed by atoms with Crippen molar-refractivity contribution in [2.24, 2.45) is 0 Å². The standard InChI is InChI=1S/C13H13N5O4/c19-12(7-17-8-15-13(16-17)18(20)21)14-6-10-5-9-3-1-2-4-11(9)22-10/h1-4,8,10H,5-7H2,(H,14,19)/t10-/m1/s1. The number of carbonyl (C=O) groups is 1. The molecular formula is C13H13N5O4. The van der Waals surface area contributed by atoms with E-state index >= 15 is 0 Å². The van der Waals surface area contributed by atoms with Gasteiger partial charge in [-0.05, 0) is 16.6 Å². The summed E-state index contributed by atoms with van der Waals surface area (Å²) in [5.41, 5.74) is 1.12. The maximum atomic E-state index is 11.8. The van der Waals surface area contributed by atoms with Gasteiger partial charge in [0.05, 0.1) is 6.54 Å². The van der Waals surface area contributed by atoms with Crippen LogP contribution in [-0.4, -0.2) is 38.2 Å². The molecule has 0 fully saturated rings. The Labute approximate surface area is 125 Å². The molecule has 0 unspecified atom stereocenters. The molecule has 0 spiro atoms. The zero-order valence-electron chi connectivity index (χ0n) is 11.5. The molecule has 2 aromatic rings. The number of amides is 1. The summed E-state index contributed by atoms with van der Waals surface area (Å²) < 4.78 is 6.83. The molecule has 1 aromatic carbocycles. The first kappa shape index (κ1) is 14.0. The van der Waals surface area contributed by atoms with Crippen LogP contribution >= 0.6 is 0 Å². The fraction of sp³-hybridized carbons (Fsp3) is 0.308. The number of hydrogen-bond acceptors (Lipinski definition) is 6. The van der Waals surface area contributed by atoms with Crippen LogP contribution in [0.4, 0.5) is 5.95 Å². The van der Waals surface area contributed by atoms with Crippen molar-refractivity contribution in [3.05, 3.63) is 46.3 Å². The molecule has 114 valence electrons. The average molecular weight is 303 g/mol. The molecule has 9 heteroatoms. The third kappa shape index (κ3) is 3.03. The van der Waals surface area contributed by atoms with E-state index in [1.54, 1.807) is 0 Å². The van der Waals surface area contributed by atoms with Crippen LogP contribution < -0.4 is 10.1 Å². The Balaban J connectivity index is 1.48. The van der Waals surface area contributed by atoms with Crippen LogP contribution in [0.15, 0.2) is 30.6 Å². The summed E-state index contributed by atoms with van der Waals surface area (Å²) in [5, 5.41) is 16.8. The lowest BCUT2D eigenvalue weighted by Gasteiger charge is -2.11. The molecule has 1 atom stereocenters. The molecule has 9 nitrogen and oxygen atoms in total. The highest BCUT2D eigenvalue weighted by atomic mass is 16.6. The summed E-state index contributed by atoms with van der Waals surface area (Å²) in [5.74, 6) is 0.00961. The first-order valence-corrected chi connectivity index (χ1v) is 6.67. The summed E-state index contributed by atoms with van der Waals surface area (Å²) in [6.45, 7) is 0.241. The van der Waals surface area contributed by atoms with Gasteiger partial charge < -0.3 is 20.2 Å². The first-order chi connectivity index (χ1) is 10.6. The van der Waals surface area contributed by atoms with Gasteiger partial charge in [0.15, 0.2) is 0 Å². The molecule has 0 saturated carbocycles. The number of aromatic nitrogens is 3. The Bertz CT molecular complexity index is 689. The molecular weight excluding hydrogens is 290 g/mol. The molecule has 2 heterocycles. The Hall–Kier alpha value is -2.97. The molecule has 0 aliphatic carbocycles. The van der Waals surface area contributed by atoms with Crippen molar-refractivity contribution in [2.75, 3.05) is 6.54 Å². The van der Waals surface area contributed by atoms with Crippen LogP contribution in [0.3, 0.4) is 0 Å². The van der Waals surface area contributed by atoms with E-state index in [2.05, 4.69) is 15.4 Å². The number of fused-ring (bicyclic) bond motifs is 1. The zero-order chi connectivity index (χ0) is 15.5. The summed E-state index contributed by atoms with van der Waals surface area (Å²) in [6, 6.07) is 7.73. The molecule has 0 radical (unpaired) electrons. The SMILES string of the molecule is O=C(Cn1cnc([N+](=O)[O-])n1)NC[C@H]1Cc2ccccc2O1. The smallest absolute Gasteiger partial charge is 0.488 e. The molecule has 0 bridgehead atoms. The Kier molecular flexibility index (Phi) is 3.69. The maximum absolute atomic E-state index is 11.8. The van der Waals surface area contributed by atoms with E-state index in [-0.39, 0.29) is 18.6 Å². The van der Waals surface area contributed by atoms with Crippen molar-refractivity contribution < 1.29 is 14.5 Å². The fourth-order valence-corrected chi connectivity index (χ4v) is 2.24. The van der Waals surface area contributed by atoms with Gasteiger partial charge in [0.25, 0.3) is 0 Å². The predicted molar refractivity (Wildman–Crippen MR) is 74.2 cm³/mol. The van der Waals surface area contributed by atoms with E-state index in [0.29, 0.717) is 6.54 Å². The average Bonchev–Trinajstić information content (AvgIpc) is 3.11. The number of para-hydroxylation sites is 1. The van der Waals surface area contributed by atoms with Gasteiger partial charge in [-0.2, -0.15) is 4.68 Å². The highest BCUT2D eigenvalue weighted by Crippen LogP contribution is 2.27. The van der Waals surface area contributed by atoms with Gasteiger partial charge in [0.1, 0.15) is 18.4 Å². The number of ether oxygens (including phenoxy) is 1. The van der Waals surface area contributed by atoms with Crippen LogP contribution in [0.5, 0.6) is 5.75 Å². The van der Waals surface area contributed by atoms with Gasteiger partial charge in [-0.15, -0.1) is 0 Å². The van der Waals surface area contributed by atoms with E-state index in [1.807, 2.05) is 24.3 Å². The molecule has 0 saturated heterocycles. The summed E-state index contributed by atoms with van der Waals surface area (Å²) in [7, 11) is 0. The molecule has 3 rings (SSSR count). The van der Waals surface area contributed by atoms with Crippen LogP contribution in [0, 0.1) is 10.1 Å². The second-order valence-electron chi connectivity index (χ2n) is 4.86. The lowest BCUT2D eigenvalue weighted by atomic mass is 10.1. The van der Waals surface area contributed by atoms with Crippen molar-refractivity contribution in [3.8, 4) is 5.75 Å². The number of rotatable bonds is 5. The number of nitrogens with one attached hydrogen (secondary N) is 1. The van der Waals surface area contributed by atoms with E-state index < -0.39 is 10.9 Å². The van der Waals surface area contributed by atoms with Gasteiger partial charge in [-0.3, -0.25) is 4.79 Å². The van der Waals surface area contributed by atoms with Crippen molar-refractivity contribution in [3.63, 3.8) is 0 Å². The van der Waals surface area contributed by atoms with Crippen molar-refractivity contribution >= 4 is 11.9 Å². The van der Waals surface area contributed by atoms with Gasteiger partial charge in [-0.25, -0.2) is 0 Å². The number of nitro groups is 1. The Morgan fingerprint density at radius 3 is 3.05 bits per heavy atom. The number of benzene rings is 1. The monoisotopic (exact) mass is 303 g/mol. The number of hydrogen-bond donors (Lipinski definition) is 1. The third-order valence-corrected chi connectivity index (χ3v) is 3.23. The van der Waals surface area contributed by atoms with Crippen molar-refractivity contribution in [1.82, 2.24) is 20.1 Å². The molecule has 1 aliphatic heterocycles. The quantitative estimate of drug-likeness (QED) is 0.628. The Morgan fingerprint density at radius 1 is 1.50 bits per heavy atom. The van der Waals surface area contributed by atoms with E-state index in [9.17, 15) is 14.9 Å². The molecule has 1 amide bonds. The van der Waals surface area contributed by atoms with E-state index in [4.69, 9.17) is 4.74 Å². The molecule has 22 heavy (non-hydrogen) atoms. The summed E-state index contributed by atoms with van der Waals surface area (Å²) >= 11 is 0. The van der Waals surface area contributed by atoms with Gasteiger partial charge in [0.2, 0.25) is 12.2 Å². The van der Waals surface area contributed by atoms with Crippen LogP contribution in [0.2, 0.25) is 0 Å². The third-order valence-electron chi connectivity index (χ3n) is 3.23. The van der Waals surface area contributed by atoms with Crippen LogP contribution in [0.25, 0.3) is 0 Å². The second kappa shape index (κ2) is 5.80. The topological polar surface area (TPSA) is 112 Å². The largest absolute Gasteiger partial charge is 0.490 e. The molecule has 1 N–H and O–H groups in total. The normalized spacial score (nSPS) is 15.9. The lowest BCUT2D eigenvalue weighted by molar-refractivity contribution is -0.394. The molecule has 1 aromatic heterocycles. The minimum Gasteiger partial charge on any atom is -0.488 e. The van der Waals surface area contributed by atoms with E-state index in [0.717, 1.165) is 28.7 Å². The minimum atomic E-state index is -0.710. The Morgan fingerprint density at radius 2 is 2.32 bits per heavy atom. The first-order valence-electron chi connectivity index (χ1n) is 6.67. The van der Waals surface area contributed by atoms with Gasteiger partial charge in [-0.1, -0.05) is 23.2 Å². The number of carbonyl (C=O) groups excluding carboxylic acids is 1. The summed E-state index contributed by atoms with van der Waals surface area (Å²) in [4.78, 5) is 25.0. The highest BCUT2D eigenvalue weighted by Gasteiger charge is 2.23. The van der Waals surface area contributed by atoms with Crippen molar-refractivity contribution in [2.45, 2.75) is 19.1 Å². The van der Waals surface area contributed by atoms with Crippen molar-refractivity contribution in [1.29, 1.82) is 0 Å². The minimum absolute atomic E-state index is 0.105. The summed E-state index contributed by atoms with van der Waals surface area (Å²) in [6.07, 6.45) is 1.79. The van der Waals surface area contributed by atoms with E-state index in [1.165, 1.54) is 0 Å². The van der Waals surface area contributed by atoms with Gasteiger partial charge in [0, 0.05) is 11.5 Å². The number of nitrogens with zero attached hydrogens (tertiary/aromatic N) is 4. The zero-order valence-corrected chi connectivity index (χ0v) is 11.5. The lowest BCUT2D eigenvalue weighted by Crippen LogP contribution is -2.36. The van der Waals surface area contributed by atoms with Crippen LogP contribution in [-0.2, 0) is 17.8 Å². The second-order valence-corrected chi connectivity index (χ2v) is 4.86. The predicted octanol–water partition coefficient (Wildman–Crippen LogP) is 0.306. The van der Waals surface area contributed by atoms with Gasteiger partial charge >= 0.3 is 5.95 Å². The maximum Gasteiger partial charge on any atom is 0.490 e. The highest BCUT2D eigenvalue weighted by molar-refractivity contribution is 5.75. The fourth-order valence-electron chi connectivity index (χ4n) is 2.24. The molecule has 1 aliphatic rings.